The van der Waals surface area contributed by atoms with Gasteiger partial charge in [0.1, 0.15) is 10.7 Å². The van der Waals surface area contributed by atoms with Crippen LogP contribution in [0.5, 0.6) is 0 Å². The molecule has 0 aliphatic carbocycles. The van der Waals surface area contributed by atoms with Gasteiger partial charge in [-0.25, -0.2) is 12.8 Å². The Bertz CT molecular complexity index is 933. The number of alkyl halides is 3. The molecule has 2 rings (SSSR count). The zero-order valence-corrected chi connectivity index (χ0v) is 14.4. The van der Waals surface area contributed by atoms with Crippen LogP contribution in [0, 0.1) is 12.7 Å². The number of sulfonamides is 1. The number of carbonyl (C=O) groups is 1. The summed E-state index contributed by atoms with van der Waals surface area (Å²) in [5.74, 6) is -1.62. The summed E-state index contributed by atoms with van der Waals surface area (Å²) >= 11 is 0. The monoisotopic (exact) mass is 390 g/mol. The van der Waals surface area contributed by atoms with Crippen LogP contribution in [0.4, 0.5) is 28.9 Å². The highest BCUT2D eigenvalue weighted by molar-refractivity contribution is 7.92. The predicted molar refractivity (Wildman–Crippen MR) is 87.7 cm³/mol. The molecule has 0 heterocycles. The molecule has 0 aliphatic rings. The lowest BCUT2D eigenvalue weighted by Gasteiger charge is -2.14. The Morgan fingerprint density at radius 2 is 1.73 bits per heavy atom. The van der Waals surface area contributed by atoms with Crippen LogP contribution in [-0.2, 0) is 21.0 Å². The van der Waals surface area contributed by atoms with Gasteiger partial charge >= 0.3 is 6.18 Å². The summed E-state index contributed by atoms with van der Waals surface area (Å²) < 4.78 is 79.2. The molecule has 1 amide bonds. The molecule has 0 spiro atoms. The van der Waals surface area contributed by atoms with E-state index in [0.717, 1.165) is 24.3 Å². The summed E-state index contributed by atoms with van der Waals surface area (Å²) in [5.41, 5.74) is -1.36. The fraction of sp³-hybridized carbons (Fsp3) is 0.188. The number of halogens is 4. The fourth-order valence-electron chi connectivity index (χ4n) is 2.31. The first kappa shape index (κ1) is 19.7. The zero-order chi connectivity index (χ0) is 19.7. The van der Waals surface area contributed by atoms with Gasteiger partial charge in [-0.3, -0.25) is 9.52 Å². The minimum absolute atomic E-state index is 0.0202. The molecule has 5 nitrogen and oxygen atoms in total. The highest BCUT2D eigenvalue weighted by atomic mass is 32.2. The Morgan fingerprint density at radius 3 is 2.27 bits per heavy atom. The van der Waals surface area contributed by atoms with E-state index in [-0.39, 0.29) is 16.9 Å². The first-order chi connectivity index (χ1) is 11.9. The predicted octanol–water partition coefficient (Wildman–Crippen LogP) is 3.91. The number of rotatable bonds is 4. The third kappa shape index (κ3) is 4.51. The number of benzene rings is 2. The van der Waals surface area contributed by atoms with Crippen LogP contribution in [-0.4, -0.2) is 14.3 Å². The van der Waals surface area contributed by atoms with Crippen molar-refractivity contribution < 1.29 is 30.8 Å². The van der Waals surface area contributed by atoms with Crippen molar-refractivity contribution in [2.45, 2.75) is 24.9 Å². The van der Waals surface area contributed by atoms with Crippen LogP contribution in [0.3, 0.4) is 0 Å². The van der Waals surface area contributed by atoms with Gasteiger partial charge in [0, 0.05) is 18.3 Å². The molecule has 0 saturated carbocycles. The molecule has 0 aromatic heterocycles. The normalized spacial score (nSPS) is 11.9. The Balaban J connectivity index is 2.41. The van der Waals surface area contributed by atoms with E-state index in [9.17, 15) is 30.8 Å². The molecule has 0 aliphatic heterocycles. The number of hydrogen-bond acceptors (Lipinski definition) is 3. The summed E-state index contributed by atoms with van der Waals surface area (Å²) in [6.45, 7) is 2.50. The molecule has 0 bridgehead atoms. The molecule has 140 valence electrons. The van der Waals surface area contributed by atoms with Gasteiger partial charge in [-0.1, -0.05) is 6.07 Å². The Morgan fingerprint density at radius 1 is 1.08 bits per heavy atom. The minimum atomic E-state index is -4.65. The zero-order valence-electron chi connectivity index (χ0n) is 13.6. The van der Waals surface area contributed by atoms with Crippen molar-refractivity contribution in [3.05, 3.63) is 53.3 Å². The molecular formula is C16H14F4N2O3S. The molecule has 26 heavy (non-hydrogen) atoms. The number of anilines is 2. The van der Waals surface area contributed by atoms with E-state index < -0.39 is 38.4 Å². The third-order valence-corrected chi connectivity index (χ3v) is 4.82. The molecule has 0 saturated heterocycles. The summed E-state index contributed by atoms with van der Waals surface area (Å²) in [7, 11) is -4.49. The average molecular weight is 390 g/mol. The van der Waals surface area contributed by atoms with Crippen molar-refractivity contribution >= 4 is 27.3 Å². The van der Waals surface area contributed by atoms with Gasteiger partial charge in [0.05, 0.1) is 5.56 Å². The third-order valence-electron chi connectivity index (χ3n) is 3.26. The Labute approximate surface area is 147 Å². The van der Waals surface area contributed by atoms with Crippen molar-refractivity contribution in [1.29, 1.82) is 0 Å². The van der Waals surface area contributed by atoms with Gasteiger partial charge in [0.15, 0.2) is 0 Å². The molecule has 0 atom stereocenters. The van der Waals surface area contributed by atoms with E-state index in [2.05, 4.69) is 5.32 Å². The lowest BCUT2D eigenvalue weighted by Crippen LogP contribution is -2.17. The number of nitrogens with one attached hydrogen (secondary N) is 2. The lowest BCUT2D eigenvalue weighted by atomic mass is 10.2. The molecule has 2 aromatic carbocycles. The van der Waals surface area contributed by atoms with Crippen LogP contribution < -0.4 is 10.0 Å². The van der Waals surface area contributed by atoms with E-state index in [1.807, 2.05) is 4.72 Å². The van der Waals surface area contributed by atoms with Crippen LogP contribution in [0.2, 0.25) is 0 Å². The standard InChI is InChI=1S/C16H14F4N2O3S/c1-9-6-13(21-10(2)23)8-14(17)15(9)26(24,25)22-12-5-3-4-11(7-12)16(18,19)20/h3-8,22H,1-2H3,(H,21,23). The molecule has 10 heteroatoms. The molecule has 0 unspecified atom stereocenters. The minimum Gasteiger partial charge on any atom is -0.326 e. The molecule has 0 radical (unpaired) electrons. The topological polar surface area (TPSA) is 75.3 Å². The largest absolute Gasteiger partial charge is 0.416 e. The molecular weight excluding hydrogens is 376 g/mol. The quantitative estimate of drug-likeness (QED) is 0.778. The second-order valence-electron chi connectivity index (χ2n) is 5.47. The highest BCUT2D eigenvalue weighted by Crippen LogP contribution is 2.32. The van der Waals surface area contributed by atoms with Gasteiger partial charge < -0.3 is 5.32 Å². The van der Waals surface area contributed by atoms with Crippen molar-refractivity contribution in [1.82, 2.24) is 0 Å². The first-order valence-corrected chi connectivity index (χ1v) is 8.66. The Hall–Kier alpha value is -2.62. The van der Waals surface area contributed by atoms with E-state index in [1.165, 1.54) is 19.9 Å². The lowest BCUT2D eigenvalue weighted by molar-refractivity contribution is -0.137. The Kier molecular flexibility index (Phi) is 5.26. The smallest absolute Gasteiger partial charge is 0.326 e. The van der Waals surface area contributed by atoms with Gasteiger partial charge in [0.25, 0.3) is 10.0 Å². The summed E-state index contributed by atoms with van der Waals surface area (Å²) in [6.07, 6.45) is -4.65. The second-order valence-corrected chi connectivity index (χ2v) is 7.09. The summed E-state index contributed by atoms with van der Waals surface area (Å²) in [6, 6.07) is 5.60. The van der Waals surface area contributed by atoms with Crippen LogP contribution >= 0.6 is 0 Å². The summed E-state index contributed by atoms with van der Waals surface area (Å²) in [5, 5.41) is 2.32. The molecule has 2 N–H and O–H groups in total. The van der Waals surface area contributed by atoms with Crippen LogP contribution in [0.25, 0.3) is 0 Å². The number of amides is 1. The maximum absolute atomic E-state index is 14.3. The van der Waals surface area contributed by atoms with Crippen molar-refractivity contribution in [2.75, 3.05) is 10.0 Å². The van der Waals surface area contributed by atoms with Crippen molar-refractivity contribution in [2.24, 2.45) is 0 Å². The first-order valence-electron chi connectivity index (χ1n) is 7.18. The average Bonchev–Trinajstić information content (AvgIpc) is 2.44. The second kappa shape index (κ2) is 6.94. The van der Waals surface area contributed by atoms with Gasteiger partial charge in [-0.15, -0.1) is 0 Å². The van der Waals surface area contributed by atoms with Gasteiger partial charge in [-0.2, -0.15) is 13.2 Å². The van der Waals surface area contributed by atoms with Gasteiger partial charge in [-0.05, 0) is 42.8 Å². The maximum atomic E-state index is 14.3. The highest BCUT2D eigenvalue weighted by Gasteiger charge is 2.31. The van der Waals surface area contributed by atoms with E-state index in [0.29, 0.717) is 6.07 Å². The molecule has 2 aromatic rings. The molecule has 0 fully saturated rings. The SMILES string of the molecule is CC(=O)Nc1cc(C)c(S(=O)(=O)Nc2cccc(C(F)(F)F)c2)c(F)c1. The fourth-order valence-corrected chi connectivity index (χ4v) is 3.65. The van der Waals surface area contributed by atoms with E-state index in [4.69, 9.17) is 0 Å². The van der Waals surface area contributed by atoms with Crippen molar-refractivity contribution in [3.63, 3.8) is 0 Å². The number of carbonyl (C=O) groups excluding carboxylic acids is 1. The summed E-state index contributed by atoms with van der Waals surface area (Å²) in [4.78, 5) is 10.3. The van der Waals surface area contributed by atoms with Crippen LogP contribution in [0.15, 0.2) is 41.3 Å². The number of aryl methyl sites for hydroxylation is 1. The van der Waals surface area contributed by atoms with E-state index in [1.54, 1.807) is 0 Å². The van der Waals surface area contributed by atoms with Gasteiger partial charge in [0.2, 0.25) is 5.91 Å². The van der Waals surface area contributed by atoms with E-state index >= 15 is 0 Å². The number of hydrogen-bond donors (Lipinski definition) is 2. The van der Waals surface area contributed by atoms with Crippen molar-refractivity contribution in [3.8, 4) is 0 Å². The maximum Gasteiger partial charge on any atom is 0.416 e. The van der Waals surface area contributed by atoms with Crippen LogP contribution in [0.1, 0.15) is 18.1 Å².